The number of aliphatic hydroxyl groups excluding tert-OH is 1. The molecule has 1 aromatic carbocycles. The summed E-state index contributed by atoms with van der Waals surface area (Å²) >= 11 is 0. The number of rotatable bonds is 9. The van der Waals surface area contributed by atoms with Crippen LogP contribution in [0.5, 0.6) is 0 Å². The maximum atomic E-state index is 12.9. The van der Waals surface area contributed by atoms with Crippen molar-refractivity contribution in [1.29, 1.82) is 0 Å². The number of carbonyl (C=O) groups excluding carboxylic acids is 1. The number of carbonyl (C=O) groups is 1. The molecule has 0 aromatic heterocycles. The molecule has 0 bridgehead atoms. The first-order chi connectivity index (χ1) is 10.2. The van der Waals surface area contributed by atoms with E-state index < -0.39 is 0 Å². The van der Waals surface area contributed by atoms with Gasteiger partial charge in [0.25, 0.3) is 5.91 Å². The quantitative estimate of drug-likeness (QED) is 0.735. The van der Waals surface area contributed by atoms with E-state index in [1.54, 1.807) is 4.90 Å². The Kier molecular flexibility index (Phi) is 7.83. The standard InChI is InChI=1S/C17H28N2O2/c1-4-11-18-16-10-8-7-9-15(16)17(21)19(12-13-20)14(5-2)6-3/h7-10,14,18,20H,4-6,11-13H2,1-3H3. The largest absolute Gasteiger partial charge is 0.395 e. The highest BCUT2D eigenvalue weighted by Crippen LogP contribution is 2.20. The lowest BCUT2D eigenvalue weighted by atomic mass is 10.1. The molecule has 4 nitrogen and oxygen atoms in total. The van der Waals surface area contributed by atoms with E-state index in [0.29, 0.717) is 12.1 Å². The molecule has 0 aliphatic heterocycles. The first-order valence-corrected chi connectivity index (χ1v) is 7.94. The van der Waals surface area contributed by atoms with Crippen LogP contribution >= 0.6 is 0 Å². The maximum Gasteiger partial charge on any atom is 0.256 e. The van der Waals surface area contributed by atoms with Crippen LogP contribution in [0.2, 0.25) is 0 Å². The summed E-state index contributed by atoms with van der Waals surface area (Å²) in [6, 6.07) is 7.78. The molecule has 1 aromatic rings. The Labute approximate surface area is 128 Å². The number of hydrogen-bond donors (Lipinski definition) is 2. The molecule has 4 heteroatoms. The van der Waals surface area contributed by atoms with Crippen LogP contribution in [0, 0.1) is 0 Å². The highest BCUT2D eigenvalue weighted by Gasteiger charge is 2.23. The van der Waals surface area contributed by atoms with Gasteiger partial charge in [0, 0.05) is 24.8 Å². The average Bonchev–Trinajstić information content (AvgIpc) is 2.52. The minimum Gasteiger partial charge on any atom is -0.395 e. The summed E-state index contributed by atoms with van der Waals surface area (Å²) in [5.41, 5.74) is 1.56. The predicted molar refractivity (Wildman–Crippen MR) is 87.7 cm³/mol. The van der Waals surface area contributed by atoms with Gasteiger partial charge in [0.15, 0.2) is 0 Å². The Bertz CT molecular complexity index is 431. The van der Waals surface area contributed by atoms with E-state index in [1.165, 1.54) is 0 Å². The molecule has 21 heavy (non-hydrogen) atoms. The fourth-order valence-corrected chi connectivity index (χ4v) is 2.53. The summed E-state index contributed by atoms with van der Waals surface area (Å²) in [6.45, 7) is 7.47. The number of benzene rings is 1. The number of para-hydroxylation sites is 1. The number of aliphatic hydroxyl groups is 1. The second-order valence-corrected chi connectivity index (χ2v) is 5.16. The van der Waals surface area contributed by atoms with Crippen molar-refractivity contribution in [3.05, 3.63) is 29.8 Å². The Morgan fingerprint density at radius 2 is 1.90 bits per heavy atom. The van der Waals surface area contributed by atoms with Gasteiger partial charge in [-0.25, -0.2) is 0 Å². The minimum atomic E-state index is -0.00715. The van der Waals surface area contributed by atoms with Gasteiger partial charge in [-0.05, 0) is 31.4 Å². The topological polar surface area (TPSA) is 52.6 Å². The predicted octanol–water partition coefficient (Wildman–Crippen LogP) is 3.13. The third-order valence-electron chi connectivity index (χ3n) is 3.71. The molecule has 0 heterocycles. The fourth-order valence-electron chi connectivity index (χ4n) is 2.53. The van der Waals surface area contributed by atoms with E-state index in [4.69, 9.17) is 0 Å². The maximum absolute atomic E-state index is 12.9. The Hall–Kier alpha value is -1.55. The summed E-state index contributed by atoms with van der Waals surface area (Å²) in [4.78, 5) is 14.7. The van der Waals surface area contributed by atoms with Crippen LogP contribution in [-0.2, 0) is 0 Å². The van der Waals surface area contributed by atoms with Crippen LogP contribution in [0.4, 0.5) is 5.69 Å². The van der Waals surface area contributed by atoms with Crippen molar-refractivity contribution in [2.75, 3.05) is 25.0 Å². The van der Waals surface area contributed by atoms with Crippen LogP contribution in [-0.4, -0.2) is 41.7 Å². The lowest BCUT2D eigenvalue weighted by Gasteiger charge is -2.30. The van der Waals surface area contributed by atoms with Gasteiger partial charge >= 0.3 is 0 Å². The molecule has 0 saturated heterocycles. The van der Waals surface area contributed by atoms with Gasteiger partial charge < -0.3 is 15.3 Å². The van der Waals surface area contributed by atoms with E-state index in [2.05, 4.69) is 26.1 Å². The molecule has 0 atom stereocenters. The summed E-state index contributed by atoms with van der Waals surface area (Å²) in [5.74, 6) is -0.00282. The van der Waals surface area contributed by atoms with Crippen LogP contribution in [0.3, 0.4) is 0 Å². The van der Waals surface area contributed by atoms with E-state index in [9.17, 15) is 9.90 Å². The van der Waals surface area contributed by atoms with Gasteiger partial charge in [0.2, 0.25) is 0 Å². The summed E-state index contributed by atoms with van der Waals surface area (Å²) in [5, 5.41) is 12.6. The summed E-state index contributed by atoms with van der Waals surface area (Å²) in [6.07, 6.45) is 2.80. The van der Waals surface area contributed by atoms with Crippen molar-refractivity contribution in [1.82, 2.24) is 4.90 Å². The number of nitrogens with zero attached hydrogens (tertiary/aromatic N) is 1. The van der Waals surface area contributed by atoms with Crippen LogP contribution in [0.25, 0.3) is 0 Å². The molecule has 1 rings (SSSR count). The second-order valence-electron chi connectivity index (χ2n) is 5.16. The highest BCUT2D eigenvalue weighted by atomic mass is 16.3. The molecule has 118 valence electrons. The van der Waals surface area contributed by atoms with Crippen LogP contribution in [0.15, 0.2) is 24.3 Å². The molecule has 0 radical (unpaired) electrons. The Morgan fingerprint density at radius 1 is 1.24 bits per heavy atom. The number of anilines is 1. The lowest BCUT2D eigenvalue weighted by molar-refractivity contribution is 0.0623. The molecule has 0 aliphatic carbocycles. The first kappa shape index (κ1) is 17.5. The monoisotopic (exact) mass is 292 g/mol. The SMILES string of the molecule is CCCNc1ccccc1C(=O)N(CCO)C(CC)CC. The van der Waals surface area contributed by atoms with Crippen molar-refractivity contribution in [3.63, 3.8) is 0 Å². The van der Waals surface area contributed by atoms with Crippen LogP contribution < -0.4 is 5.32 Å². The van der Waals surface area contributed by atoms with Crippen molar-refractivity contribution in [3.8, 4) is 0 Å². The molecule has 0 aliphatic rings. The van der Waals surface area contributed by atoms with Gasteiger partial charge in [-0.3, -0.25) is 4.79 Å². The molecular formula is C17H28N2O2. The first-order valence-electron chi connectivity index (χ1n) is 7.94. The third kappa shape index (κ3) is 4.74. The molecule has 0 saturated carbocycles. The zero-order valence-electron chi connectivity index (χ0n) is 13.4. The third-order valence-corrected chi connectivity index (χ3v) is 3.71. The number of nitrogens with one attached hydrogen (secondary N) is 1. The van der Waals surface area contributed by atoms with Gasteiger partial charge in [-0.2, -0.15) is 0 Å². The normalized spacial score (nSPS) is 10.7. The zero-order chi connectivity index (χ0) is 15.7. The minimum absolute atomic E-state index is 0.00282. The van der Waals surface area contributed by atoms with E-state index >= 15 is 0 Å². The lowest BCUT2D eigenvalue weighted by Crippen LogP contribution is -2.41. The van der Waals surface area contributed by atoms with E-state index in [0.717, 1.165) is 31.5 Å². The summed E-state index contributed by atoms with van der Waals surface area (Å²) < 4.78 is 0. The Balaban J connectivity index is 3.02. The van der Waals surface area contributed by atoms with E-state index in [-0.39, 0.29) is 18.6 Å². The summed E-state index contributed by atoms with van der Waals surface area (Å²) in [7, 11) is 0. The van der Waals surface area contributed by atoms with Gasteiger partial charge in [-0.15, -0.1) is 0 Å². The van der Waals surface area contributed by atoms with Crippen molar-refractivity contribution in [2.24, 2.45) is 0 Å². The molecule has 0 spiro atoms. The fraction of sp³-hybridized carbons (Fsp3) is 0.588. The van der Waals surface area contributed by atoms with E-state index in [1.807, 2.05) is 24.3 Å². The van der Waals surface area contributed by atoms with Gasteiger partial charge in [0.05, 0.1) is 12.2 Å². The average molecular weight is 292 g/mol. The number of hydrogen-bond acceptors (Lipinski definition) is 3. The smallest absolute Gasteiger partial charge is 0.256 e. The molecule has 0 unspecified atom stereocenters. The number of amides is 1. The van der Waals surface area contributed by atoms with Crippen LogP contribution in [0.1, 0.15) is 50.4 Å². The molecular weight excluding hydrogens is 264 g/mol. The van der Waals surface area contributed by atoms with Crippen molar-refractivity contribution < 1.29 is 9.90 Å². The van der Waals surface area contributed by atoms with Crippen molar-refractivity contribution >= 4 is 11.6 Å². The highest BCUT2D eigenvalue weighted by molar-refractivity contribution is 5.99. The molecule has 0 fully saturated rings. The Morgan fingerprint density at radius 3 is 2.48 bits per heavy atom. The van der Waals surface area contributed by atoms with Crippen molar-refractivity contribution in [2.45, 2.75) is 46.1 Å². The second kappa shape index (κ2) is 9.40. The molecule has 1 amide bonds. The molecule has 2 N–H and O–H groups in total. The van der Waals surface area contributed by atoms with Gasteiger partial charge in [0.1, 0.15) is 0 Å². The van der Waals surface area contributed by atoms with Gasteiger partial charge in [-0.1, -0.05) is 32.9 Å². The zero-order valence-corrected chi connectivity index (χ0v) is 13.4.